The molecular weight excluding hydrogens is 273 g/mol. The van der Waals surface area contributed by atoms with Crippen LogP contribution in [-0.2, 0) is 13.1 Å². The predicted octanol–water partition coefficient (Wildman–Crippen LogP) is 1.31. The fourth-order valence-electron chi connectivity index (χ4n) is 1.92. The average molecular weight is 289 g/mol. The first kappa shape index (κ1) is 14.9. The number of nitrogens with zero attached hydrogens (tertiary/aromatic N) is 3. The van der Waals surface area contributed by atoms with Crippen molar-refractivity contribution in [2.45, 2.75) is 20.0 Å². The highest BCUT2D eigenvalue weighted by molar-refractivity contribution is 5.98. The standard InChI is InChI=1S/C14H16FN5O/c1-9-18-5-4-12(19-9)8-17-7-10-2-3-11(15)6-13(10)14(16)20-21/h2-6,17,21H,7-8H2,1H3,(H2,16,20). The number of amidine groups is 1. The van der Waals surface area contributed by atoms with Gasteiger partial charge in [0, 0.05) is 24.8 Å². The third kappa shape index (κ3) is 3.96. The second kappa shape index (κ2) is 6.76. The lowest BCUT2D eigenvalue weighted by Crippen LogP contribution is -2.20. The number of hydrogen-bond donors (Lipinski definition) is 3. The Morgan fingerprint density at radius 1 is 1.38 bits per heavy atom. The number of nitrogens with two attached hydrogens (primary N) is 1. The van der Waals surface area contributed by atoms with Crippen LogP contribution in [0.4, 0.5) is 4.39 Å². The molecule has 21 heavy (non-hydrogen) atoms. The smallest absolute Gasteiger partial charge is 0.170 e. The first-order chi connectivity index (χ1) is 10.1. The van der Waals surface area contributed by atoms with Crippen molar-refractivity contribution in [3.8, 4) is 0 Å². The fraction of sp³-hybridized carbons (Fsp3) is 0.214. The molecule has 0 atom stereocenters. The molecule has 0 spiro atoms. The molecule has 110 valence electrons. The molecule has 0 aliphatic rings. The Balaban J connectivity index is 2.06. The van der Waals surface area contributed by atoms with E-state index in [1.807, 2.05) is 13.0 Å². The molecule has 2 aromatic rings. The molecule has 0 unspecified atom stereocenters. The van der Waals surface area contributed by atoms with Gasteiger partial charge in [-0.25, -0.2) is 14.4 Å². The van der Waals surface area contributed by atoms with Gasteiger partial charge in [0.05, 0.1) is 5.69 Å². The van der Waals surface area contributed by atoms with E-state index in [2.05, 4.69) is 20.4 Å². The molecule has 0 bridgehead atoms. The van der Waals surface area contributed by atoms with Crippen LogP contribution in [0.25, 0.3) is 0 Å². The normalized spacial score (nSPS) is 11.6. The van der Waals surface area contributed by atoms with E-state index < -0.39 is 5.82 Å². The van der Waals surface area contributed by atoms with E-state index in [0.29, 0.717) is 24.5 Å². The van der Waals surface area contributed by atoms with E-state index in [1.54, 1.807) is 12.3 Å². The maximum absolute atomic E-state index is 13.2. The summed E-state index contributed by atoms with van der Waals surface area (Å²) in [6.07, 6.45) is 1.69. The minimum Gasteiger partial charge on any atom is -0.409 e. The summed E-state index contributed by atoms with van der Waals surface area (Å²) in [5.74, 6) is 0.143. The van der Waals surface area contributed by atoms with Gasteiger partial charge in [-0.05, 0) is 30.7 Å². The lowest BCUT2D eigenvalue weighted by molar-refractivity contribution is 0.318. The molecule has 0 saturated carbocycles. The molecule has 0 fully saturated rings. The zero-order chi connectivity index (χ0) is 15.2. The summed E-state index contributed by atoms with van der Waals surface area (Å²) in [5.41, 5.74) is 7.51. The van der Waals surface area contributed by atoms with Crippen LogP contribution >= 0.6 is 0 Å². The van der Waals surface area contributed by atoms with Crippen molar-refractivity contribution in [1.82, 2.24) is 15.3 Å². The van der Waals surface area contributed by atoms with Gasteiger partial charge >= 0.3 is 0 Å². The van der Waals surface area contributed by atoms with E-state index >= 15 is 0 Å². The number of benzene rings is 1. The van der Waals surface area contributed by atoms with Crippen molar-refractivity contribution >= 4 is 5.84 Å². The molecule has 1 heterocycles. The molecule has 7 heteroatoms. The molecule has 1 aromatic heterocycles. The minimum atomic E-state index is -0.438. The Kier molecular flexibility index (Phi) is 4.78. The molecule has 0 amide bonds. The zero-order valence-corrected chi connectivity index (χ0v) is 11.5. The number of aromatic nitrogens is 2. The van der Waals surface area contributed by atoms with Gasteiger partial charge in [-0.2, -0.15) is 0 Å². The first-order valence-electron chi connectivity index (χ1n) is 6.35. The van der Waals surface area contributed by atoms with E-state index in [4.69, 9.17) is 10.9 Å². The zero-order valence-electron chi connectivity index (χ0n) is 11.5. The largest absolute Gasteiger partial charge is 0.409 e. The lowest BCUT2D eigenvalue weighted by Gasteiger charge is -2.10. The van der Waals surface area contributed by atoms with Crippen LogP contribution < -0.4 is 11.1 Å². The van der Waals surface area contributed by atoms with Gasteiger partial charge in [0.2, 0.25) is 0 Å². The SMILES string of the molecule is Cc1nccc(CNCc2ccc(F)cc2C(N)=NO)n1. The van der Waals surface area contributed by atoms with E-state index in [1.165, 1.54) is 12.1 Å². The summed E-state index contributed by atoms with van der Waals surface area (Å²) < 4.78 is 13.2. The molecule has 1 aromatic carbocycles. The van der Waals surface area contributed by atoms with Gasteiger partial charge in [0.25, 0.3) is 0 Å². The van der Waals surface area contributed by atoms with E-state index in [-0.39, 0.29) is 5.84 Å². The topological polar surface area (TPSA) is 96.4 Å². The highest BCUT2D eigenvalue weighted by Gasteiger charge is 2.08. The van der Waals surface area contributed by atoms with Gasteiger partial charge in [-0.15, -0.1) is 0 Å². The lowest BCUT2D eigenvalue weighted by atomic mass is 10.1. The molecule has 0 saturated heterocycles. The summed E-state index contributed by atoms with van der Waals surface area (Å²) in [4.78, 5) is 8.29. The minimum absolute atomic E-state index is 0.121. The van der Waals surface area contributed by atoms with Gasteiger partial charge in [-0.1, -0.05) is 11.2 Å². The summed E-state index contributed by atoms with van der Waals surface area (Å²) in [5, 5.41) is 14.8. The quantitative estimate of drug-likeness (QED) is 0.334. The Morgan fingerprint density at radius 3 is 2.90 bits per heavy atom. The van der Waals surface area contributed by atoms with Crippen LogP contribution in [0.15, 0.2) is 35.6 Å². The summed E-state index contributed by atoms with van der Waals surface area (Å²) in [6.45, 7) is 2.80. The van der Waals surface area contributed by atoms with Crippen LogP contribution in [0.3, 0.4) is 0 Å². The molecule has 4 N–H and O–H groups in total. The molecule has 6 nitrogen and oxygen atoms in total. The van der Waals surface area contributed by atoms with Crippen molar-refractivity contribution in [3.63, 3.8) is 0 Å². The van der Waals surface area contributed by atoms with Crippen molar-refractivity contribution in [3.05, 3.63) is 58.9 Å². The summed E-state index contributed by atoms with van der Waals surface area (Å²) >= 11 is 0. The number of rotatable bonds is 5. The van der Waals surface area contributed by atoms with Crippen LogP contribution in [0.1, 0.15) is 22.6 Å². The third-order valence-electron chi connectivity index (χ3n) is 2.91. The highest BCUT2D eigenvalue weighted by Crippen LogP contribution is 2.11. The maximum atomic E-state index is 13.2. The monoisotopic (exact) mass is 289 g/mol. The van der Waals surface area contributed by atoms with E-state index in [0.717, 1.165) is 11.3 Å². The fourth-order valence-corrected chi connectivity index (χ4v) is 1.92. The molecule has 2 rings (SSSR count). The van der Waals surface area contributed by atoms with Crippen molar-refractivity contribution < 1.29 is 9.60 Å². The Bertz CT molecular complexity index is 660. The molecule has 0 radical (unpaired) electrons. The number of oxime groups is 1. The van der Waals surface area contributed by atoms with Gasteiger partial charge < -0.3 is 16.3 Å². The van der Waals surface area contributed by atoms with Crippen LogP contribution in [0, 0.1) is 12.7 Å². The van der Waals surface area contributed by atoms with Crippen molar-refractivity contribution in [1.29, 1.82) is 0 Å². The molecular formula is C14H16FN5O. The van der Waals surface area contributed by atoms with Crippen LogP contribution in [0.5, 0.6) is 0 Å². The number of aryl methyl sites for hydroxylation is 1. The van der Waals surface area contributed by atoms with Gasteiger partial charge in [0.15, 0.2) is 5.84 Å². The summed E-state index contributed by atoms with van der Waals surface area (Å²) in [7, 11) is 0. The average Bonchev–Trinajstić information content (AvgIpc) is 2.48. The number of hydrogen-bond acceptors (Lipinski definition) is 5. The Morgan fingerprint density at radius 2 is 2.19 bits per heavy atom. The molecule has 0 aliphatic carbocycles. The van der Waals surface area contributed by atoms with Crippen molar-refractivity contribution in [2.24, 2.45) is 10.9 Å². The third-order valence-corrected chi connectivity index (χ3v) is 2.91. The Labute approximate surface area is 121 Å². The first-order valence-corrected chi connectivity index (χ1v) is 6.35. The molecule has 0 aliphatic heterocycles. The van der Waals surface area contributed by atoms with Gasteiger partial charge in [0.1, 0.15) is 11.6 Å². The predicted molar refractivity (Wildman–Crippen MR) is 76.2 cm³/mol. The number of halogens is 1. The highest BCUT2D eigenvalue weighted by atomic mass is 19.1. The van der Waals surface area contributed by atoms with Gasteiger partial charge in [-0.3, -0.25) is 0 Å². The van der Waals surface area contributed by atoms with Crippen LogP contribution in [-0.4, -0.2) is 21.0 Å². The second-order valence-corrected chi connectivity index (χ2v) is 4.49. The number of nitrogens with one attached hydrogen (secondary N) is 1. The second-order valence-electron chi connectivity index (χ2n) is 4.49. The summed E-state index contributed by atoms with van der Waals surface area (Å²) in [6, 6.07) is 5.98. The van der Waals surface area contributed by atoms with Crippen LogP contribution in [0.2, 0.25) is 0 Å². The van der Waals surface area contributed by atoms with E-state index in [9.17, 15) is 4.39 Å². The maximum Gasteiger partial charge on any atom is 0.170 e. The Hall–Kier alpha value is -2.54. The van der Waals surface area contributed by atoms with Crippen molar-refractivity contribution in [2.75, 3.05) is 0 Å².